The summed E-state index contributed by atoms with van der Waals surface area (Å²) in [5.41, 5.74) is 7.33. The SMILES string of the molecule is CC1CC(=O)N(c2cccc(C(C)N)c2)C1=O. The van der Waals surface area contributed by atoms with E-state index < -0.39 is 0 Å². The van der Waals surface area contributed by atoms with Crippen molar-refractivity contribution < 1.29 is 9.59 Å². The second-order valence-corrected chi connectivity index (χ2v) is 4.56. The van der Waals surface area contributed by atoms with Crippen molar-refractivity contribution >= 4 is 17.5 Å². The first-order valence-corrected chi connectivity index (χ1v) is 5.73. The summed E-state index contributed by atoms with van der Waals surface area (Å²) in [6.45, 7) is 3.64. The van der Waals surface area contributed by atoms with E-state index in [0.29, 0.717) is 12.1 Å². The van der Waals surface area contributed by atoms with Crippen LogP contribution in [0.25, 0.3) is 0 Å². The number of hydrogen-bond acceptors (Lipinski definition) is 3. The number of rotatable bonds is 2. The molecule has 1 fully saturated rings. The van der Waals surface area contributed by atoms with E-state index in [1.807, 2.05) is 19.1 Å². The average molecular weight is 232 g/mol. The largest absolute Gasteiger partial charge is 0.324 e. The van der Waals surface area contributed by atoms with Crippen molar-refractivity contribution in [2.24, 2.45) is 11.7 Å². The lowest BCUT2D eigenvalue weighted by atomic mass is 10.1. The van der Waals surface area contributed by atoms with Gasteiger partial charge in [0, 0.05) is 18.4 Å². The molecule has 17 heavy (non-hydrogen) atoms. The highest BCUT2D eigenvalue weighted by Gasteiger charge is 2.36. The number of benzene rings is 1. The predicted molar refractivity (Wildman–Crippen MR) is 65.3 cm³/mol. The van der Waals surface area contributed by atoms with Crippen molar-refractivity contribution in [1.29, 1.82) is 0 Å². The van der Waals surface area contributed by atoms with Crippen molar-refractivity contribution in [3.8, 4) is 0 Å². The van der Waals surface area contributed by atoms with Gasteiger partial charge in [-0.1, -0.05) is 19.1 Å². The average Bonchev–Trinajstić information content (AvgIpc) is 2.53. The van der Waals surface area contributed by atoms with Gasteiger partial charge in [-0.2, -0.15) is 0 Å². The van der Waals surface area contributed by atoms with Crippen LogP contribution in [0.3, 0.4) is 0 Å². The summed E-state index contributed by atoms with van der Waals surface area (Å²) in [5.74, 6) is -0.484. The van der Waals surface area contributed by atoms with Crippen molar-refractivity contribution in [1.82, 2.24) is 0 Å². The van der Waals surface area contributed by atoms with Gasteiger partial charge in [-0.25, -0.2) is 0 Å². The molecule has 1 aliphatic heterocycles. The van der Waals surface area contributed by atoms with Crippen LogP contribution < -0.4 is 10.6 Å². The molecular formula is C13H16N2O2. The number of amides is 2. The molecule has 1 heterocycles. The van der Waals surface area contributed by atoms with E-state index in [1.165, 1.54) is 4.90 Å². The van der Waals surface area contributed by atoms with Gasteiger partial charge in [0.2, 0.25) is 11.8 Å². The molecule has 1 saturated heterocycles. The maximum atomic E-state index is 11.9. The topological polar surface area (TPSA) is 63.4 Å². The maximum Gasteiger partial charge on any atom is 0.237 e. The first-order chi connectivity index (χ1) is 8.00. The summed E-state index contributed by atoms with van der Waals surface area (Å²) in [6.07, 6.45) is 0.293. The van der Waals surface area contributed by atoms with E-state index >= 15 is 0 Å². The molecule has 0 spiro atoms. The first-order valence-electron chi connectivity index (χ1n) is 5.73. The number of carbonyl (C=O) groups is 2. The Labute approximate surface area is 100 Å². The molecule has 2 atom stereocenters. The molecule has 4 nitrogen and oxygen atoms in total. The van der Waals surface area contributed by atoms with Crippen molar-refractivity contribution in [2.45, 2.75) is 26.3 Å². The Morgan fingerprint density at radius 2 is 2.12 bits per heavy atom. The van der Waals surface area contributed by atoms with Gasteiger partial charge in [-0.05, 0) is 24.6 Å². The van der Waals surface area contributed by atoms with Gasteiger partial charge in [0.15, 0.2) is 0 Å². The molecule has 2 rings (SSSR count). The van der Waals surface area contributed by atoms with Gasteiger partial charge >= 0.3 is 0 Å². The van der Waals surface area contributed by atoms with Crippen molar-refractivity contribution in [3.63, 3.8) is 0 Å². The molecule has 1 aromatic carbocycles. The number of imide groups is 1. The fourth-order valence-electron chi connectivity index (χ4n) is 2.00. The standard InChI is InChI=1S/C13H16N2O2/c1-8-6-12(16)15(13(8)17)11-5-3-4-10(7-11)9(2)14/h3-5,7-9H,6,14H2,1-2H3. The highest BCUT2D eigenvalue weighted by molar-refractivity contribution is 6.20. The molecule has 0 aromatic heterocycles. The Hall–Kier alpha value is -1.68. The number of carbonyl (C=O) groups excluding carboxylic acids is 2. The second-order valence-electron chi connectivity index (χ2n) is 4.56. The van der Waals surface area contributed by atoms with Gasteiger partial charge in [0.25, 0.3) is 0 Å². The molecule has 1 aliphatic rings. The molecule has 0 saturated carbocycles. The lowest BCUT2D eigenvalue weighted by molar-refractivity contribution is -0.122. The van der Waals surface area contributed by atoms with Crippen LogP contribution in [0.4, 0.5) is 5.69 Å². The van der Waals surface area contributed by atoms with E-state index in [9.17, 15) is 9.59 Å². The first kappa shape index (κ1) is 11.8. The number of hydrogen-bond donors (Lipinski definition) is 1. The molecular weight excluding hydrogens is 216 g/mol. The molecule has 1 aromatic rings. The van der Waals surface area contributed by atoms with Gasteiger partial charge in [0.05, 0.1) is 5.69 Å². The van der Waals surface area contributed by atoms with Crippen LogP contribution in [0.1, 0.15) is 31.9 Å². The highest BCUT2D eigenvalue weighted by Crippen LogP contribution is 2.27. The Balaban J connectivity index is 2.37. The molecule has 0 bridgehead atoms. The van der Waals surface area contributed by atoms with Crippen LogP contribution in [0.15, 0.2) is 24.3 Å². The zero-order valence-electron chi connectivity index (χ0n) is 10.0. The van der Waals surface area contributed by atoms with E-state index in [4.69, 9.17) is 5.73 Å². The fourth-order valence-corrected chi connectivity index (χ4v) is 2.00. The Morgan fingerprint density at radius 1 is 1.41 bits per heavy atom. The van der Waals surface area contributed by atoms with E-state index in [1.54, 1.807) is 19.1 Å². The quantitative estimate of drug-likeness (QED) is 0.788. The minimum atomic E-state index is -0.221. The van der Waals surface area contributed by atoms with Crippen LogP contribution in [0.5, 0.6) is 0 Å². The van der Waals surface area contributed by atoms with Crippen LogP contribution in [-0.4, -0.2) is 11.8 Å². The van der Waals surface area contributed by atoms with E-state index in [-0.39, 0.29) is 23.8 Å². The number of nitrogens with two attached hydrogens (primary N) is 1. The van der Waals surface area contributed by atoms with Crippen LogP contribution in [-0.2, 0) is 9.59 Å². The Morgan fingerprint density at radius 3 is 2.65 bits per heavy atom. The minimum absolute atomic E-state index is 0.111. The summed E-state index contributed by atoms with van der Waals surface area (Å²) >= 11 is 0. The van der Waals surface area contributed by atoms with Gasteiger partial charge in [-0.3, -0.25) is 14.5 Å². The monoisotopic (exact) mass is 232 g/mol. The molecule has 0 radical (unpaired) electrons. The zero-order valence-corrected chi connectivity index (χ0v) is 10.0. The lowest BCUT2D eigenvalue weighted by Crippen LogP contribution is -2.30. The number of anilines is 1. The lowest BCUT2D eigenvalue weighted by Gasteiger charge is -2.16. The predicted octanol–water partition coefficient (Wildman–Crippen LogP) is 1.61. The van der Waals surface area contributed by atoms with E-state index in [2.05, 4.69) is 0 Å². The molecule has 0 aliphatic carbocycles. The van der Waals surface area contributed by atoms with Crippen molar-refractivity contribution in [2.75, 3.05) is 4.90 Å². The smallest absolute Gasteiger partial charge is 0.237 e. The molecule has 90 valence electrons. The second kappa shape index (κ2) is 4.30. The minimum Gasteiger partial charge on any atom is -0.324 e. The molecule has 4 heteroatoms. The molecule has 2 amide bonds. The fraction of sp³-hybridized carbons (Fsp3) is 0.385. The maximum absolute atomic E-state index is 11.9. The summed E-state index contributed by atoms with van der Waals surface area (Å²) < 4.78 is 0. The summed E-state index contributed by atoms with van der Waals surface area (Å²) in [4.78, 5) is 24.9. The van der Waals surface area contributed by atoms with Crippen molar-refractivity contribution in [3.05, 3.63) is 29.8 Å². The Kier molecular flexibility index (Phi) is 2.98. The van der Waals surface area contributed by atoms with Crippen LogP contribution >= 0.6 is 0 Å². The highest BCUT2D eigenvalue weighted by atomic mass is 16.2. The zero-order chi connectivity index (χ0) is 12.6. The summed E-state index contributed by atoms with van der Waals surface area (Å²) in [6, 6.07) is 7.17. The summed E-state index contributed by atoms with van der Waals surface area (Å²) in [5, 5.41) is 0. The van der Waals surface area contributed by atoms with Gasteiger partial charge in [0.1, 0.15) is 0 Å². The normalized spacial score (nSPS) is 22.1. The molecule has 2 unspecified atom stereocenters. The third-order valence-electron chi connectivity index (χ3n) is 3.03. The molecule has 2 N–H and O–H groups in total. The van der Waals surface area contributed by atoms with Gasteiger partial charge in [-0.15, -0.1) is 0 Å². The van der Waals surface area contributed by atoms with Crippen LogP contribution in [0, 0.1) is 5.92 Å². The van der Waals surface area contributed by atoms with Gasteiger partial charge < -0.3 is 5.73 Å². The Bertz CT molecular complexity index is 468. The summed E-state index contributed by atoms with van der Waals surface area (Å²) in [7, 11) is 0. The number of nitrogens with zero attached hydrogens (tertiary/aromatic N) is 1. The van der Waals surface area contributed by atoms with Crippen LogP contribution in [0.2, 0.25) is 0 Å². The third-order valence-corrected chi connectivity index (χ3v) is 3.03. The van der Waals surface area contributed by atoms with E-state index in [0.717, 1.165) is 5.56 Å². The third kappa shape index (κ3) is 2.08.